The van der Waals surface area contributed by atoms with Crippen molar-refractivity contribution in [1.29, 1.82) is 0 Å². The largest absolute Gasteiger partial charge is 0.395 e. The lowest BCUT2D eigenvalue weighted by Crippen LogP contribution is -2.36. The SMILES string of the molecule is C#CCCC1(CCC(=O)N2CCCN(CCO)CC2)N=N1. The van der Waals surface area contributed by atoms with Crippen LogP contribution < -0.4 is 0 Å². The minimum absolute atomic E-state index is 0.175. The standard InChI is InChI=1S/C15H24N4O2/c1-2-3-6-15(16-17-15)7-5-14(21)19-9-4-8-18(10-11-19)12-13-20/h1,20H,3-13H2. The van der Waals surface area contributed by atoms with Gasteiger partial charge in [0, 0.05) is 51.9 Å². The Hall–Kier alpha value is -1.45. The third-order valence-electron chi connectivity index (χ3n) is 4.15. The van der Waals surface area contributed by atoms with Crippen molar-refractivity contribution in [1.82, 2.24) is 9.80 Å². The van der Waals surface area contributed by atoms with Gasteiger partial charge in [-0.15, -0.1) is 12.3 Å². The molecule has 2 aliphatic rings. The normalized spacial score (nSPS) is 20.9. The first kappa shape index (κ1) is 15.9. The number of rotatable bonds is 7. The molecular weight excluding hydrogens is 268 g/mol. The zero-order chi connectivity index (χ0) is 15.1. The Labute approximate surface area is 126 Å². The summed E-state index contributed by atoms with van der Waals surface area (Å²) >= 11 is 0. The fourth-order valence-corrected chi connectivity index (χ4v) is 2.72. The first-order chi connectivity index (χ1) is 10.2. The summed E-state index contributed by atoms with van der Waals surface area (Å²) < 4.78 is 0. The van der Waals surface area contributed by atoms with Crippen molar-refractivity contribution < 1.29 is 9.90 Å². The van der Waals surface area contributed by atoms with E-state index in [1.807, 2.05) is 4.90 Å². The van der Waals surface area contributed by atoms with Gasteiger partial charge in [0.05, 0.1) is 6.61 Å². The molecule has 0 bridgehead atoms. The quantitative estimate of drug-likeness (QED) is 0.708. The van der Waals surface area contributed by atoms with Gasteiger partial charge in [0.1, 0.15) is 0 Å². The number of β-amino-alcohol motifs (C(OH)–C–C–N with tert-alkyl or cyclic N) is 1. The minimum atomic E-state index is -0.364. The second kappa shape index (κ2) is 7.53. The van der Waals surface area contributed by atoms with Crippen LogP contribution in [0.15, 0.2) is 10.2 Å². The van der Waals surface area contributed by atoms with Gasteiger partial charge in [0.25, 0.3) is 0 Å². The molecule has 1 N–H and O–H groups in total. The van der Waals surface area contributed by atoms with E-state index in [4.69, 9.17) is 11.5 Å². The Bertz CT molecular complexity index is 424. The van der Waals surface area contributed by atoms with E-state index >= 15 is 0 Å². The van der Waals surface area contributed by atoms with Crippen LogP contribution in [0.2, 0.25) is 0 Å². The number of aliphatic hydroxyl groups excluding tert-OH is 1. The van der Waals surface area contributed by atoms with Crippen molar-refractivity contribution in [2.24, 2.45) is 10.2 Å². The Kier molecular flexibility index (Phi) is 5.71. The summed E-state index contributed by atoms with van der Waals surface area (Å²) in [4.78, 5) is 16.4. The van der Waals surface area contributed by atoms with E-state index in [9.17, 15) is 4.79 Å². The first-order valence-corrected chi connectivity index (χ1v) is 7.68. The monoisotopic (exact) mass is 292 g/mol. The maximum atomic E-state index is 12.3. The molecule has 0 radical (unpaired) electrons. The summed E-state index contributed by atoms with van der Waals surface area (Å²) in [5.41, 5.74) is -0.364. The maximum absolute atomic E-state index is 12.3. The van der Waals surface area contributed by atoms with Crippen LogP contribution in [0, 0.1) is 12.3 Å². The smallest absolute Gasteiger partial charge is 0.222 e. The Morgan fingerprint density at radius 3 is 2.71 bits per heavy atom. The molecule has 1 saturated heterocycles. The van der Waals surface area contributed by atoms with Crippen molar-refractivity contribution in [3.8, 4) is 12.3 Å². The fourth-order valence-electron chi connectivity index (χ4n) is 2.72. The number of hydrogen-bond acceptors (Lipinski definition) is 5. The summed E-state index contributed by atoms with van der Waals surface area (Å²) in [7, 11) is 0. The van der Waals surface area contributed by atoms with Gasteiger partial charge < -0.3 is 10.0 Å². The highest BCUT2D eigenvalue weighted by atomic mass is 16.3. The number of nitrogens with zero attached hydrogens (tertiary/aromatic N) is 4. The van der Waals surface area contributed by atoms with Gasteiger partial charge >= 0.3 is 0 Å². The zero-order valence-electron chi connectivity index (χ0n) is 12.5. The lowest BCUT2D eigenvalue weighted by atomic mass is 10.0. The molecule has 0 atom stereocenters. The number of carbonyl (C=O) groups excluding carboxylic acids is 1. The minimum Gasteiger partial charge on any atom is -0.395 e. The molecule has 21 heavy (non-hydrogen) atoms. The average molecular weight is 292 g/mol. The van der Waals surface area contributed by atoms with Crippen molar-refractivity contribution in [2.45, 2.75) is 37.8 Å². The van der Waals surface area contributed by atoms with E-state index in [0.717, 1.165) is 39.0 Å². The molecule has 2 aliphatic heterocycles. The van der Waals surface area contributed by atoms with Crippen LogP contribution in [0.3, 0.4) is 0 Å². The molecule has 0 unspecified atom stereocenters. The van der Waals surface area contributed by atoms with Gasteiger partial charge in [-0.1, -0.05) is 0 Å². The Morgan fingerprint density at radius 2 is 2.05 bits per heavy atom. The lowest BCUT2D eigenvalue weighted by molar-refractivity contribution is -0.131. The van der Waals surface area contributed by atoms with E-state index in [0.29, 0.717) is 25.8 Å². The summed E-state index contributed by atoms with van der Waals surface area (Å²) in [5.74, 6) is 2.78. The van der Waals surface area contributed by atoms with Crippen molar-refractivity contribution in [3.63, 3.8) is 0 Å². The molecular formula is C15H24N4O2. The van der Waals surface area contributed by atoms with E-state index in [1.165, 1.54) is 0 Å². The van der Waals surface area contributed by atoms with Crippen LogP contribution >= 0.6 is 0 Å². The van der Waals surface area contributed by atoms with E-state index < -0.39 is 0 Å². The molecule has 0 spiro atoms. The van der Waals surface area contributed by atoms with Crippen molar-refractivity contribution >= 4 is 5.91 Å². The van der Waals surface area contributed by atoms with Crippen LogP contribution in [-0.2, 0) is 4.79 Å². The van der Waals surface area contributed by atoms with Crippen molar-refractivity contribution in [3.05, 3.63) is 0 Å². The van der Waals surface area contributed by atoms with Gasteiger partial charge in [-0.2, -0.15) is 10.2 Å². The second-order valence-corrected chi connectivity index (χ2v) is 5.69. The van der Waals surface area contributed by atoms with Crippen LogP contribution in [0.5, 0.6) is 0 Å². The molecule has 0 aromatic rings. The molecule has 6 heteroatoms. The Morgan fingerprint density at radius 1 is 1.24 bits per heavy atom. The summed E-state index contributed by atoms with van der Waals surface area (Å²) in [6, 6.07) is 0. The molecule has 0 aromatic carbocycles. The molecule has 2 heterocycles. The zero-order valence-corrected chi connectivity index (χ0v) is 12.5. The van der Waals surface area contributed by atoms with Crippen LogP contribution in [0.4, 0.5) is 0 Å². The second-order valence-electron chi connectivity index (χ2n) is 5.69. The highest BCUT2D eigenvalue weighted by Gasteiger charge is 2.39. The number of aliphatic hydroxyl groups is 1. The van der Waals surface area contributed by atoms with Gasteiger partial charge in [-0.05, 0) is 13.0 Å². The van der Waals surface area contributed by atoms with Gasteiger partial charge in [-0.25, -0.2) is 0 Å². The number of terminal acetylenes is 1. The first-order valence-electron chi connectivity index (χ1n) is 7.68. The van der Waals surface area contributed by atoms with Crippen LogP contribution in [0.1, 0.15) is 32.1 Å². The summed E-state index contributed by atoms with van der Waals surface area (Å²) in [6.45, 7) is 4.19. The fraction of sp³-hybridized carbons (Fsp3) is 0.800. The van der Waals surface area contributed by atoms with E-state index in [2.05, 4.69) is 21.0 Å². The number of amides is 1. The van der Waals surface area contributed by atoms with Crippen LogP contribution in [-0.4, -0.2) is 65.8 Å². The molecule has 116 valence electrons. The van der Waals surface area contributed by atoms with Gasteiger partial charge in [-0.3, -0.25) is 9.69 Å². The predicted molar refractivity (Wildman–Crippen MR) is 79.6 cm³/mol. The summed E-state index contributed by atoms with van der Waals surface area (Å²) in [6.07, 6.45) is 8.78. The predicted octanol–water partition coefficient (Wildman–Crippen LogP) is 0.869. The van der Waals surface area contributed by atoms with Crippen molar-refractivity contribution in [2.75, 3.05) is 39.3 Å². The molecule has 0 saturated carbocycles. The van der Waals surface area contributed by atoms with Crippen LogP contribution in [0.25, 0.3) is 0 Å². The highest BCUT2D eigenvalue weighted by molar-refractivity contribution is 5.76. The number of carbonyl (C=O) groups is 1. The Balaban J connectivity index is 1.72. The third kappa shape index (κ3) is 4.80. The van der Waals surface area contributed by atoms with Gasteiger partial charge in [0.2, 0.25) is 5.91 Å². The van der Waals surface area contributed by atoms with E-state index in [-0.39, 0.29) is 18.2 Å². The van der Waals surface area contributed by atoms with E-state index in [1.54, 1.807) is 0 Å². The molecule has 2 rings (SSSR count). The average Bonchev–Trinajstić information content (AvgIpc) is 3.28. The lowest BCUT2D eigenvalue weighted by Gasteiger charge is -2.22. The third-order valence-corrected chi connectivity index (χ3v) is 4.15. The molecule has 6 nitrogen and oxygen atoms in total. The molecule has 0 aliphatic carbocycles. The maximum Gasteiger partial charge on any atom is 0.222 e. The molecule has 0 aromatic heterocycles. The number of hydrogen-bond donors (Lipinski definition) is 1. The highest BCUT2D eigenvalue weighted by Crippen LogP contribution is 2.37. The molecule has 1 fully saturated rings. The molecule has 1 amide bonds. The summed E-state index contributed by atoms with van der Waals surface area (Å²) in [5, 5.41) is 17.1. The van der Waals surface area contributed by atoms with Gasteiger partial charge in [0.15, 0.2) is 5.66 Å². The topological polar surface area (TPSA) is 68.5 Å².